The zero-order valence-corrected chi connectivity index (χ0v) is 21.2. The average molecular weight is 553 g/mol. The van der Waals surface area contributed by atoms with Crippen LogP contribution in [-0.4, -0.2) is 31.1 Å². The van der Waals surface area contributed by atoms with Crippen molar-refractivity contribution in [2.75, 3.05) is 19.1 Å². The molecule has 0 spiro atoms. The van der Waals surface area contributed by atoms with Crippen molar-refractivity contribution >= 4 is 29.2 Å². The summed E-state index contributed by atoms with van der Waals surface area (Å²) >= 11 is 5.82. The molecule has 0 aliphatic carbocycles. The first-order chi connectivity index (χ1) is 18.7. The van der Waals surface area contributed by atoms with E-state index in [1.807, 2.05) is 6.07 Å². The Hall–Kier alpha value is -4.95. The highest BCUT2D eigenvalue weighted by Gasteiger charge is 2.43. The van der Waals surface area contributed by atoms with E-state index in [-0.39, 0.29) is 22.0 Å². The van der Waals surface area contributed by atoms with E-state index in [2.05, 4.69) is 4.98 Å². The second-order valence-electron chi connectivity index (χ2n) is 7.99. The highest BCUT2D eigenvalue weighted by atomic mass is 35.5. The Morgan fingerprint density at radius 1 is 1.05 bits per heavy atom. The Balaban J connectivity index is 1.96. The summed E-state index contributed by atoms with van der Waals surface area (Å²) < 4.78 is 46.0. The molecule has 1 atom stereocenters. The zero-order chi connectivity index (χ0) is 28.3. The predicted molar refractivity (Wildman–Crippen MR) is 135 cm³/mol. The normalized spacial score (nSPS) is 15.1. The number of esters is 2. The van der Waals surface area contributed by atoms with Crippen LogP contribution in [0.15, 0.2) is 83.5 Å². The van der Waals surface area contributed by atoms with Gasteiger partial charge in [-0.2, -0.15) is 5.26 Å². The lowest BCUT2D eigenvalue weighted by atomic mass is 9.81. The number of aromatic nitrogens is 1. The van der Waals surface area contributed by atoms with Crippen molar-refractivity contribution in [3.63, 3.8) is 0 Å². The summed E-state index contributed by atoms with van der Waals surface area (Å²) in [5, 5.41) is 10.1. The van der Waals surface area contributed by atoms with Gasteiger partial charge in [-0.05, 0) is 11.6 Å². The van der Waals surface area contributed by atoms with Crippen molar-refractivity contribution < 1.29 is 32.6 Å². The molecule has 39 heavy (non-hydrogen) atoms. The van der Waals surface area contributed by atoms with Gasteiger partial charge in [0.15, 0.2) is 17.4 Å². The number of carbonyl (C=O) groups excluding carboxylic acids is 2. The molecule has 12 heteroatoms. The number of benzene rings is 2. The largest absolute Gasteiger partial charge is 0.466 e. The molecule has 2 heterocycles. The third-order valence-electron chi connectivity index (χ3n) is 5.78. The van der Waals surface area contributed by atoms with Crippen LogP contribution in [0, 0.1) is 23.0 Å². The number of halogens is 3. The molecule has 0 amide bonds. The van der Waals surface area contributed by atoms with E-state index >= 15 is 8.78 Å². The maximum absolute atomic E-state index is 15.6. The SMILES string of the molecule is COC(=O)C1=C(C(=O)OC)N(c2cc(F)c(Oc3ccnc(Cl)c3)cc2F)C(N)=C(C#N)C1c1ccccc1. The van der Waals surface area contributed by atoms with Crippen LogP contribution in [0.2, 0.25) is 5.15 Å². The van der Waals surface area contributed by atoms with Gasteiger partial charge in [0.1, 0.15) is 22.4 Å². The Labute approximate surface area is 226 Å². The maximum Gasteiger partial charge on any atom is 0.355 e. The molecule has 0 bridgehead atoms. The van der Waals surface area contributed by atoms with Gasteiger partial charge < -0.3 is 19.9 Å². The predicted octanol–water partition coefficient (Wildman–Crippen LogP) is 4.70. The van der Waals surface area contributed by atoms with E-state index in [9.17, 15) is 14.9 Å². The number of methoxy groups -OCH3 is 2. The smallest absolute Gasteiger partial charge is 0.355 e. The maximum atomic E-state index is 15.6. The lowest BCUT2D eigenvalue weighted by Gasteiger charge is -2.36. The third kappa shape index (κ3) is 5.10. The van der Waals surface area contributed by atoms with Crippen molar-refractivity contribution in [1.29, 1.82) is 5.26 Å². The molecule has 0 saturated carbocycles. The van der Waals surface area contributed by atoms with E-state index in [0.717, 1.165) is 19.1 Å². The fourth-order valence-corrected chi connectivity index (χ4v) is 4.27. The van der Waals surface area contributed by atoms with Gasteiger partial charge >= 0.3 is 11.9 Å². The standard InChI is InChI=1S/C27H19ClF2N4O5/c1-37-26(35)23-22(14-6-4-3-5-7-14)16(13-31)25(32)34(24(23)27(36)38-2)19-11-18(30)20(12-17(19)29)39-15-8-9-33-21(28)10-15/h3-12,22H,32H2,1-2H3. The summed E-state index contributed by atoms with van der Waals surface area (Å²) in [4.78, 5) is 30.7. The molecule has 0 fully saturated rings. The number of rotatable bonds is 6. The second-order valence-corrected chi connectivity index (χ2v) is 8.37. The van der Waals surface area contributed by atoms with Gasteiger partial charge in [-0.25, -0.2) is 23.4 Å². The van der Waals surface area contributed by atoms with E-state index in [4.69, 9.17) is 31.5 Å². The third-order valence-corrected chi connectivity index (χ3v) is 5.99. The van der Waals surface area contributed by atoms with E-state index in [0.29, 0.717) is 17.7 Å². The van der Waals surface area contributed by atoms with Crippen LogP contribution in [0.4, 0.5) is 14.5 Å². The topological polar surface area (TPSA) is 128 Å². The molecule has 9 nitrogen and oxygen atoms in total. The van der Waals surface area contributed by atoms with Gasteiger partial charge in [-0.15, -0.1) is 0 Å². The van der Waals surface area contributed by atoms with Crippen LogP contribution in [0.25, 0.3) is 0 Å². The Kier molecular flexibility index (Phi) is 7.78. The molecule has 2 N–H and O–H groups in total. The van der Waals surface area contributed by atoms with Crippen LogP contribution in [0.5, 0.6) is 11.5 Å². The summed E-state index contributed by atoms with van der Waals surface area (Å²) in [6, 6.07) is 14.3. The molecule has 0 radical (unpaired) electrons. The van der Waals surface area contributed by atoms with Crippen LogP contribution in [0.3, 0.4) is 0 Å². The van der Waals surface area contributed by atoms with Crippen molar-refractivity contribution in [2.24, 2.45) is 5.73 Å². The molecule has 2 aromatic carbocycles. The molecule has 1 aliphatic heterocycles. The molecule has 1 aliphatic rings. The molecular formula is C27H19ClF2N4O5. The minimum atomic E-state index is -1.17. The molecule has 1 aromatic heterocycles. The van der Waals surface area contributed by atoms with Crippen molar-refractivity contribution in [2.45, 2.75) is 5.92 Å². The number of nitrogens with zero attached hydrogens (tertiary/aromatic N) is 3. The van der Waals surface area contributed by atoms with Gasteiger partial charge in [-0.1, -0.05) is 41.9 Å². The number of carbonyl (C=O) groups is 2. The lowest BCUT2D eigenvalue weighted by Crippen LogP contribution is -2.41. The van der Waals surface area contributed by atoms with Crippen molar-refractivity contribution in [3.05, 3.63) is 106 Å². The summed E-state index contributed by atoms with van der Waals surface area (Å²) in [7, 11) is 2.11. The van der Waals surface area contributed by atoms with E-state index in [1.54, 1.807) is 30.3 Å². The van der Waals surface area contributed by atoms with Gasteiger partial charge in [-0.3, -0.25) is 4.90 Å². The number of pyridine rings is 1. The molecule has 4 rings (SSSR count). The average Bonchev–Trinajstić information content (AvgIpc) is 2.94. The van der Waals surface area contributed by atoms with Gasteiger partial charge in [0.25, 0.3) is 0 Å². The fourth-order valence-electron chi connectivity index (χ4n) is 4.11. The highest BCUT2D eigenvalue weighted by molar-refractivity contribution is 6.29. The molecule has 198 valence electrons. The second kappa shape index (κ2) is 11.2. The molecule has 3 aromatic rings. The molecular weight excluding hydrogens is 534 g/mol. The first kappa shape index (κ1) is 27.1. The quantitative estimate of drug-likeness (QED) is 0.342. The van der Waals surface area contributed by atoms with Gasteiger partial charge in [0, 0.05) is 24.4 Å². The highest BCUT2D eigenvalue weighted by Crippen LogP contribution is 2.44. The minimum Gasteiger partial charge on any atom is -0.466 e. The van der Waals surface area contributed by atoms with E-state index < -0.39 is 52.4 Å². The summed E-state index contributed by atoms with van der Waals surface area (Å²) in [6.45, 7) is 0. The minimum absolute atomic E-state index is 0.0661. The number of hydrogen-bond donors (Lipinski definition) is 1. The molecule has 1 unspecified atom stereocenters. The first-order valence-electron chi connectivity index (χ1n) is 11.2. The van der Waals surface area contributed by atoms with Crippen LogP contribution in [0.1, 0.15) is 11.5 Å². The summed E-state index contributed by atoms with van der Waals surface area (Å²) in [5.41, 5.74) is 5.04. The zero-order valence-electron chi connectivity index (χ0n) is 20.4. The fraction of sp³-hybridized carbons (Fsp3) is 0.111. The number of anilines is 1. The van der Waals surface area contributed by atoms with Crippen LogP contribution < -0.4 is 15.4 Å². The Morgan fingerprint density at radius 2 is 1.74 bits per heavy atom. The monoisotopic (exact) mass is 552 g/mol. The number of ether oxygens (including phenoxy) is 3. The first-order valence-corrected chi connectivity index (χ1v) is 11.5. The number of nitriles is 1. The van der Waals surface area contributed by atoms with Crippen molar-refractivity contribution in [1.82, 2.24) is 4.98 Å². The van der Waals surface area contributed by atoms with Crippen LogP contribution >= 0.6 is 11.6 Å². The summed E-state index contributed by atoms with van der Waals surface area (Å²) in [6.07, 6.45) is 1.31. The Morgan fingerprint density at radius 3 is 2.36 bits per heavy atom. The van der Waals surface area contributed by atoms with E-state index in [1.165, 1.54) is 18.3 Å². The van der Waals surface area contributed by atoms with Gasteiger partial charge in [0.05, 0.1) is 43.0 Å². The number of hydrogen-bond acceptors (Lipinski definition) is 9. The summed E-state index contributed by atoms with van der Waals surface area (Å²) in [5.74, 6) is -6.30. The molecule has 0 saturated heterocycles. The number of allylic oxidation sites excluding steroid dienone is 1. The van der Waals surface area contributed by atoms with Gasteiger partial charge in [0.2, 0.25) is 0 Å². The van der Waals surface area contributed by atoms with Crippen molar-refractivity contribution in [3.8, 4) is 17.6 Å². The number of nitrogens with two attached hydrogens (primary N) is 1. The Bertz CT molecular complexity index is 1570. The van der Waals surface area contributed by atoms with Crippen LogP contribution in [-0.2, 0) is 19.1 Å². The lowest BCUT2D eigenvalue weighted by molar-refractivity contribution is -0.139.